The van der Waals surface area contributed by atoms with E-state index in [9.17, 15) is 13.2 Å². The van der Waals surface area contributed by atoms with Gasteiger partial charge in [-0.1, -0.05) is 29.4 Å². The average molecular weight is 336 g/mol. The van der Waals surface area contributed by atoms with Gasteiger partial charge in [-0.3, -0.25) is 0 Å². The summed E-state index contributed by atoms with van der Waals surface area (Å²) in [6.07, 6.45) is -4.68. The van der Waals surface area contributed by atoms with Crippen LogP contribution >= 0.6 is 0 Å². The summed E-state index contributed by atoms with van der Waals surface area (Å²) in [5.41, 5.74) is 0.335. The standard InChI is InChI=1S/C16H11F3N2O3/c1-22-12-7-2-3-8-13(12)23-11-6-4-5-10(9-11)14-20-15(24-21-14)16(17,18)19/h2-9H,1H3. The average Bonchev–Trinajstić information content (AvgIpc) is 3.06. The first kappa shape index (κ1) is 15.9. The SMILES string of the molecule is COc1ccccc1Oc1cccc(-c2noc(C(F)(F)F)n2)c1. The molecule has 0 saturated heterocycles. The van der Waals surface area contributed by atoms with Gasteiger partial charge in [-0.05, 0) is 24.3 Å². The minimum Gasteiger partial charge on any atom is -0.493 e. The lowest BCUT2D eigenvalue weighted by molar-refractivity contribution is -0.159. The Morgan fingerprint density at radius 2 is 1.75 bits per heavy atom. The molecule has 0 aliphatic carbocycles. The van der Waals surface area contributed by atoms with E-state index in [1.807, 2.05) is 0 Å². The maximum atomic E-state index is 12.5. The van der Waals surface area contributed by atoms with Crippen LogP contribution in [0.25, 0.3) is 11.4 Å². The van der Waals surface area contributed by atoms with Crippen molar-refractivity contribution >= 4 is 0 Å². The number of rotatable bonds is 4. The molecule has 0 atom stereocenters. The van der Waals surface area contributed by atoms with E-state index in [0.29, 0.717) is 22.8 Å². The minimum atomic E-state index is -4.68. The Labute approximate surface area is 134 Å². The molecule has 3 rings (SSSR count). The van der Waals surface area contributed by atoms with Crippen molar-refractivity contribution < 1.29 is 27.2 Å². The van der Waals surface area contributed by atoms with Crippen molar-refractivity contribution in [1.82, 2.24) is 10.1 Å². The molecule has 1 heterocycles. The molecule has 0 radical (unpaired) electrons. The van der Waals surface area contributed by atoms with Crippen molar-refractivity contribution in [3.05, 3.63) is 54.4 Å². The van der Waals surface area contributed by atoms with Crippen LogP contribution in [-0.4, -0.2) is 17.3 Å². The molecule has 3 aromatic rings. The summed E-state index contributed by atoms with van der Waals surface area (Å²) < 4.78 is 52.7. The monoisotopic (exact) mass is 336 g/mol. The van der Waals surface area contributed by atoms with E-state index in [1.165, 1.54) is 13.2 Å². The molecule has 0 bridgehead atoms. The molecule has 0 amide bonds. The number of hydrogen-bond acceptors (Lipinski definition) is 5. The summed E-state index contributed by atoms with van der Waals surface area (Å²) in [5.74, 6) is -0.167. The highest BCUT2D eigenvalue weighted by Crippen LogP contribution is 2.33. The van der Waals surface area contributed by atoms with Crippen molar-refractivity contribution in [2.45, 2.75) is 6.18 Å². The predicted octanol–water partition coefficient (Wildman–Crippen LogP) is 4.56. The van der Waals surface area contributed by atoms with Crippen LogP contribution in [0.5, 0.6) is 17.2 Å². The Morgan fingerprint density at radius 1 is 1.00 bits per heavy atom. The van der Waals surface area contributed by atoms with Crippen LogP contribution < -0.4 is 9.47 Å². The third-order valence-corrected chi connectivity index (χ3v) is 3.06. The van der Waals surface area contributed by atoms with Gasteiger partial charge in [0.1, 0.15) is 5.75 Å². The van der Waals surface area contributed by atoms with Crippen LogP contribution in [0.2, 0.25) is 0 Å². The van der Waals surface area contributed by atoms with Crippen molar-refractivity contribution in [1.29, 1.82) is 0 Å². The smallest absolute Gasteiger partial charge is 0.471 e. The van der Waals surface area contributed by atoms with Gasteiger partial charge in [0, 0.05) is 5.56 Å². The van der Waals surface area contributed by atoms with Crippen LogP contribution in [0.1, 0.15) is 5.89 Å². The summed E-state index contributed by atoms with van der Waals surface area (Å²) in [6, 6.07) is 13.3. The normalized spacial score (nSPS) is 11.3. The number of para-hydroxylation sites is 2. The van der Waals surface area contributed by atoms with Gasteiger partial charge in [-0.2, -0.15) is 18.2 Å². The lowest BCUT2D eigenvalue weighted by atomic mass is 10.2. The highest BCUT2D eigenvalue weighted by molar-refractivity contribution is 5.57. The first-order valence-corrected chi connectivity index (χ1v) is 6.79. The van der Waals surface area contributed by atoms with Crippen molar-refractivity contribution in [2.75, 3.05) is 7.11 Å². The maximum absolute atomic E-state index is 12.5. The molecule has 2 aromatic carbocycles. The van der Waals surface area contributed by atoms with Crippen LogP contribution in [0, 0.1) is 0 Å². The summed E-state index contributed by atoms with van der Waals surface area (Å²) in [5, 5.41) is 3.35. The number of benzene rings is 2. The first-order chi connectivity index (χ1) is 11.5. The number of nitrogens with zero attached hydrogens (tertiary/aromatic N) is 2. The van der Waals surface area contributed by atoms with Crippen molar-refractivity contribution in [3.63, 3.8) is 0 Å². The Morgan fingerprint density at radius 3 is 2.42 bits per heavy atom. The van der Waals surface area contributed by atoms with Gasteiger partial charge in [0.15, 0.2) is 11.5 Å². The van der Waals surface area contributed by atoms with Gasteiger partial charge in [0.25, 0.3) is 0 Å². The van der Waals surface area contributed by atoms with Gasteiger partial charge in [-0.15, -0.1) is 0 Å². The molecule has 1 aromatic heterocycles. The largest absolute Gasteiger partial charge is 0.493 e. The topological polar surface area (TPSA) is 57.4 Å². The lowest BCUT2D eigenvalue weighted by Gasteiger charge is -2.10. The quantitative estimate of drug-likeness (QED) is 0.699. The zero-order valence-corrected chi connectivity index (χ0v) is 12.4. The third-order valence-electron chi connectivity index (χ3n) is 3.06. The Hall–Kier alpha value is -3.03. The maximum Gasteiger partial charge on any atom is 0.471 e. The van der Waals surface area contributed by atoms with Crippen LogP contribution in [0.15, 0.2) is 53.1 Å². The van der Waals surface area contributed by atoms with E-state index in [1.54, 1.807) is 42.5 Å². The van der Waals surface area contributed by atoms with E-state index in [-0.39, 0.29) is 5.82 Å². The number of halogens is 3. The molecule has 0 saturated carbocycles. The Balaban J connectivity index is 1.88. The summed E-state index contributed by atoms with van der Waals surface area (Å²) in [7, 11) is 1.51. The molecule has 5 nitrogen and oxygen atoms in total. The number of alkyl halides is 3. The molecular formula is C16H11F3N2O3. The van der Waals surface area contributed by atoms with Gasteiger partial charge in [0.2, 0.25) is 5.82 Å². The molecule has 0 unspecified atom stereocenters. The van der Waals surface area contributed by atoms with Crippen LogP contribution in [-0.2, 0) is 6.18 Å². The number of hydrogen-bond donors (Lipinski definition) is 0. The molecule has 124 valence electrons. The Bertz CT molecular complexity index is 846. The van der Waals surface area contributed by atoms with Gasteiger partial charge in [-0.25, -0.2) is 0 Å². The first-order valence-electron chi connectivity index (χ1n) is 6.79. The molecule has 0 spiro atoms. The number of methoxy groups -OCH3 is 1. The molecule has 8 heteroatoms. The fraction of sp³-hybridized carbons (Fsp3) is 0.125. The van der Waals surface area contributed by atoms with Gasteiger partial charge in [0.05, 0.1) is 7.11 Å². The molecule has 0 aliphatic heterocycles. The third kappa shape index (κ3) is 3.32. The van der Waals surface area contributed by atoms with Gasteiger partial charge < -0.3 is 14.0 Å². The van der Waals surface area contributed by atoms with Crippen LogP contribution in [0.4, 0.5) is 13.2 Å². The van der Waals surface area contributed by atoms with Gasteiger partial charge >= 0.3 is 12.1 Å². The molecular weight excluding hydrogens is 325 g/mol. The molecule has 0 fully saturated rings. The van der Waals surface area contributed by atoms with E-state index in [2.05, 4.69) is 14.7 Å². The molecule has 0 N–H and O–H groups in total. The fourth-order valence-electron chi connectivity index (χ4n) is 1.98. The predicted molar refractivity (Wildman–Crippen MR) is 77.8 cm³/mol. The second-order valence-corrected chi connectivity index (χ2v) is 4.70. The number of aromatic nitrogens is 2. The van der Waals surface area contributed by atoms with Crippen LogP contribution in [0.3, 0.4) is 0 Å². The zero-order chi connectivity index (χ0) is 17.2. The van der Waals surface area contributed by atoms with Crippen molar-refractivity contribution in [2.24, 2.45) is 0 Å². The molecule has 0 aliphatic rings. The summed E-state index contributed by atoms with van der Waals surface area (Å²) in [6.45, 7) is 0. The lowest BCUT2D eigenvalue weighted by Crippen LogP contribution is -2.04. The highest BCUT2D eigenvalue weighted by atomic mass is 19.4. The second-order valence-electron chi connectivity index (χ2n) is 4.70. The number of ether oxygens (including phenoxy) is 2. The van der Waals surface area contributed by atoms with E-state index in [4.69, 9.17) is 9.47 Å². The van der Waals surface area contributed by atoms with Crippen molar-refractivity contribution in [3.8, 4) is 28.6 Å². The summed E-state index contributed by atoms with van der Waals surface area (Å²) in [4.78, 5) is 3.35. The highest BCUT2D eigenvalue weighted by Gasteiger charge is 2.38. The van der Waals surface area contributed by atoms with E-state index in [0.717, 1.165) is 0 Å². The zero-order valence-electron chi connectivity index (χ0n) is 12.4. The van der Waals surface area contributed by atoms with E-state index >= 15 is 0 Å². The van der Waals surface area contributed by atoms with E-state index < -0.39 is 12.1 Å². The molecule has 24 heavy (non-hydrogen) atoms. The minimum absolute atomic E-state index is 0.173. The summed E-state index contributed by atoms with van der Waals surface area (Å²) >= 11 is 0. The second kappa shape index (κ2) is 6.23. The fourth-order valence-corrected chi connectivity index (χ4v) is 1.98. The Kier molecular flexibility index (Phi) is 4.11.